The molecule has 0 radical (unpaired) electrons. The molecular formula is C16H12O5. The number of ether oxygens (including phenoxy) is 1. The Balaban J connectivity index is 2.39. The van der Waals surface area contributed by atoms with Crippen LogP contribution in [0, 0.1) is 6.92 Å². The highest BCUT2D eigenvalue weighted by atomic mass is 16.5. The minimum absolute atomic E-state index is 0.0913. The molecule has 0 saturated heterocycles. The first kappa shape index (κ1) is 13.2. The molecule has 3 rings (SSSR count). The maximum absolute atomic E-state index is 12.6. The van der Waals surface area contributed by atoms with Crippen LogP contribution in [-0.4, -0.2) is 28.9 Å². The first-order valence-electron chi connectivity index (χ1n) is 6.29. The highest BCUT2D eigenvalue weighted by Crippen LogP contribution is 2.42. The van der Waals surface area contributed by atoms with Crippen molar-refractivity contribution in [3.05, 3.63) is 52.1 Å². The molecule has 0 bridgehead atoms. The van der Waals surface area contributed by atoms with Gasteiger partial charge < -0.3 is 14.9 Å². The first-order valence-corrected chi connectivity index (χ1v) is 6.29. The molecule has 2 aromatic carbocycles. The number of methoxy groups -OCH3 is 1. The minimum Gasteiger partial charge on any atom is -0.504 e. The molecule has 0 aromatic heterocycles. The fraction of sp³-hybridized carbons (Fsp3) is 0.125. The molecule has 2 N–H and O–H groups in total. The van der Waals surface area contributed by atoms with E-state index in [0.29, 0.717) is 5.56 Å². The standard InChI is InChI=1S/C16H12O5/c1-7-6-9-12(16(20)13(7)17)15(19)11-8(14(9)18)4-3-5-10(11)21-2/h3-6,17,20H,1-2H3. The van der Waals surface area contributed by atoms with Crippen LogP contribution in [0.2, 0.25) is 0 Å². The van der Waals surface area contributed by atoms with Crippen molar-refractivity contribution in [2.24, 2.45) is 0 Å². The predicted octanol–water partition coefficient (Wildman–Crippen LogP) is 2.19. The third kappa shape index (κ3) is 1.64. The third-order valence-electron chi connectivity index (χ3n) is 3.65. The molecule has 1 aliphatic carbocycles. The van der Waals surface area contributed by atoms with E-state index in [4.69, 9.17) is 4.74 Å². The van der Waals surface area contributed by atoms with Gasteiger partial charge in [-0.25, -0.2) is 0 Å². The Morgan fingerprint density at radius 1 is 0.952 bits per heavy atom. The summed E-state index contributed by atoms with van der Waals surface area (Å²) in [6.45, 7) is 1.55. The zero-order valence-corrected chi connectivity index (χ0v) is 11.4. The number of carbonyl (C=O) groups is 2. The van der Waals surface area contributed by atoms with E-state index in [-0.39, 0.29) is 33.8 Å². The molecule has 0 amide bonds. The lowest BCUT2D eigenvalue weighted by Gasteiger charge is -2.21. The molecule has 0 atom stereocenters. The highest BCUT2D eigenvalue weighted by molar-refractivity contribution is 6.30. The Kier molecular flexibility index (Phi) is 2.73. The maximum Gasteiger partial charge on any atom is 0.202 e. The van der Waals surface area contributed by atoms with Crippen LogP contribution in [-0.2, 0) is 0 Å². The Bertz CT molecular complexity index is 805. The zero-order chi connectivity index (χ0) is 15.3. The number of aromatic hydroxyl groups is 2. The second-order valence-electron chi connectivity index (χ2n) is 4.85. The van der Waals surface area contributed by atoms with Crippen LogP contribution in [0.3, 0.4) is 0 Å². The predicted molar refractivity (Wildman–Crippen MR) is 74.4 cm³/mol. The molecule has 0 spiro atoms. The van der Waals surface area contributed by atoms with Crippen molar-refractivity contribution in [2.75, 3.05) is 7.11 Å². The summed E-state index contributed by atoms with van der Waals surface area (Å²) in [5, 5.41) is 19.8. The van der Waals surface area contributed by atoms with Crippen LogP contribution in [0.15, 0.2) is 24.3 Å². The van der Waals surface area contributed by atoms with Gasteiger partial charge in [-0.15, -0.1) is 0 Å². The van der Waals surface area contributed by atoms with E-state index >= 15 is 0 Å². The molecule has 2 aromatic rings. The van der Waals surface area contributed by atoms with E-state index in [0.717, 1.165) is 0 Å². The fourth-order valence-corrected chi connectivity index (χ4v) is 2.59. The monoisotopic (exact) mass is 284 g/mol. The Morgan fingerprint density at radius 3 is 2.33 bits per heavy atom. The van der Waals surface area contributed by atoms with Crippen LogP contribution in [0.25, 0.3) is 0 Å². The lowest BCUT2D eigenvalue weighted by atomic mass is 9.82. The van der Waals surface area contributed by atoms with Gasteiger partial charge in [-0.05, 0) is 24.6 Å². The smallest absolute Gasteiger partial charge is 0.202 e. The van der Waals surface area contributed by atoms with Gasteiger partial charge in [0.1, 0.15) is 5.75 Å². The number of fused-ring (bicyclic) bond motifs is 2. The highest BCUT2D eigenvalue weighted by Gasteiger charge is 2.35. The number of ketones is 2. The number of carbonyl (C=O) groups excluding carboxylic acids is 2. The largest absolute Gasteiger partial charge is 0.504 e. The van der Waals surface area contributed by atoms with Crippen molar-refractivity contribution in [1.29, 1.82) is 0 Å². The van der Waals surface area contributed by atoms with Gasteiger partial charge in [-0.1, -0.05) is 12.1 Å². The SMILES string of the molecule is COc1cccc2c1C(=O)c1c(cc(C)c(O)c1O)C2=O. The molecule has 0 unspecified atom stereocenters. The molecule has 0 fully saturated rings. The van der Waals surface area contributed by atoms with E-state index < -0.39 is 17.3 Å². The molecule has 0 saturated carbocycles. The fourth-order valence-electron chi connectivity index (χ4n) is 2.59. The number of phenols is 2. The van der Waals surface area contributed by atoms with Gasteiger partial charge in [0.05, 0.1) is 18.2 Å². The molecule has 0 heterocycles. The summed E-state index contributed by atoms with van der Waals surface area (Å²) >= 11 is 0. The number of rotatable bonds is 1. The van der Waals surface area contributed by atoms with E-state index in [1.165, 1.54) is 13.2 Å². The number of aryl methyl sites for hydroxylation is 1. The Morgan fingerprint density at radius 2 is 1.67 bits per heavy atom. The normalized spacial score (nSPS) is 12.9. The number of hydrogen-bond acceptors (Lipinski definition) is 5. The third-order valence-corrected chi connectivity index (χ3v) is 3.65. The second kappa shape index (κ2) is 4.34. The lowest BCUT2D eigenvalue weighted by molar-refractivity contribution is 0.0973. The summed E-state index contributed by atoms with van der Waals surface area (Å²) in [7, 11) is 1.40. The molecule has 1 aliphatic rings. The van der Waals surface area contributed by atoms with Crippen LogP contribution in [0.4, 0.5) is 0 Å². The van der Waals surface area contributed by atoms with Crippen molar-refractivity contribution in [3.8, 4) is 17.2 Å². The quantitative estimate of drug-likeness (QED) is 0.669. The van der Waals surface area contributed by atoms with E-state index in [2.05, 4.69) is 0 Å². The molecule has 106 valence electrons. The Hall–Kier alpha value is -2.82. The Labute approximate surface area is 120 Å². The van der Waals surface area contributed by atoms with E-state index in [1.807, 2.05) is 0 Å². The van der Waals surface area contributed by atoms with Crippen LogP contribution < -0.4 is 4.74 Å². The summed E-state index contributed by atoms with van der Waals surface area (Å²) < 4.78 is 5.12. The average molecular weight is 284 g/mol. The van der Waals surface area contributed by atoms with E-state index in [1.54, 1.807) is 25.1 Å². The summed E-state index contributed by atoms with van der Waals surface area (Å²) in [4.78, 5) is 25.2. The van der Waals surface area contributed by atoms with Crippen molar-refractivity contribution >= 4 is 11.6 Å². The molecule has 21 heavy (non-hydrogen) atoms. The lowest BCUT2D eigenvalue weighted by Crippen LogP contribution is -2.22. The van der Waals surface area contributed by atoms with Crippen LogP contribution in [0.1, 0.15) is 37.4 Å². The minimum atomic E-state index is -0.570. The van der Waals surface area contributed by atoms with Crippen molar-refractivity contribution in [2.45, 2.75) is 6.92 Å². The van der Waals surface area contributed by atoms with Gasteiger partial charge in [0, 0.05) is 11.1 Å². The molecular weight excluding hydrogens is 272 g/mol. The van der Waals surface area contributed by atoms with E-state index in [9.17, 15) is 19.8 Å². The molecule has 0 aliphatic heterocycles. The van der Waals surface area contributed by atoms with Crippen molar-refractivity contribution < 1.29 is 24.5 Å². The average Bonchev–Trinajstić information content (AvgIpc) is 2.49. The topological polar surface area (TPSA) is 83.8 Å². The zero-order valence-electron chi connectivity index (χ0n) is 11.4. The van der Waals surface area contributed by atoms with Gasteiger partial charge in [-0.2, -0.15) is 0 Å². The summed E-state index contributed by atoms with van der Waals surface area (Å²) in [5.41, 5.74) is 0.583. The van der Waals surface area contributed by atoms with Gasteiger partial charge in [0.25, 0.3) is 0 Å². The first-order chi connectivity index (χ1) is 9.97. The van der Waals surface area contributed by atoms with Crippen molar-refractivity contribution in [3.63, 3.8) is 0 Å². The van der Waals surface area contributed by atoms with Gasteiger partial charge in [0.15, 0.2) is 17.3 Å². The summed E-state index contributed by atoms with van der Waals surface area (Å²) in [6.07, 6.45) is 0. The second-order valence-corrected chi connectivity index (χ2v) is 4.85. The maximum atomic E-state index is 12.6. The summed E-state index contributed by atoms with van der Waals surface area (Å²) in [6, 6.07) is 6.15. The van der Waals surface area contributed by atoms with Gasteiger partial charge in [0.2, 0.25) is 5.78 Å². The summed E-state index contributed by atoms with van der Waals surface area (Å²) in [5.74, 6) is -1.62. The molecule has 5 heteroatoms. The van der Waals surface area contributed by atoms with Crippen LogP contribution in [0.5, 0.6) is 17.2 Å². The number of hydrogen-bond donors (Lipinski definition) is 2. The number of benzene rings is 2. The molecule has 5 nitrogen and oxygen atoms in total. The number of phenolic OH excluding ortho intramolecular Hbond substituents is 2. The van der Waals surface area contributed by atoms with Crippen LogP contribution >= 0.6 is 0 Å². The van der Waals surface area contributed by atoms with Gasteiger partial charge in [-0.3, -0.25) is 9.59 Å². The van der Waals surface area contributed by atoms with Gasteiger partial charge >= 0.3 is 0 Å². The van der Waals surface area contributed by atoms with Crippen molar-refractivity contribution in [1.82, 2.24) is 0 Å².